The minimum Gasteiger partial charge on any atom is -0.481 e. The predicted octanol–water partition coefficient (Wildman–Crippen LogP) is 0.927. The molecule has 0 fully saturated rings. The van der Waals surface area contributed by atoms with E-state index in [2.05, 4.69) is 42.2 Å². The van der Waals surface area contributed by atoms with E-state index >= 15 is 0 Å². The summed E-state index contributed by atoms with van der Waals surface area (Å²) in [6, 6.07) is 12.8. The first-order valence-electron chi connectivity index (χ1n) is 23.2. The van der Waals surface area contributed by atoms with Crippen LogP contribution in [0.4, 0.5) is 9.18 Å². The molecule has 4 aromatic rings. The number of carboxylic acids is 4. The predicted molar refractivity (Wildman–Crippen MR) is 257 cm³/mol. The molecular weight excluding hydrogens is 976 g/mol. The van der Waals surface area contributed by atoms with E-state index in [4.69, 9.17) is 5.11 Å². The molecule has 0 saturated heterocycles. The van der Waals surface area contributed by atoms with Crippen molar-refractivity contribution in [3.63, 3.8) is 0 Å². The van der Waals surface area contributed by atoms with Gasteiger partial charge in [-0.2, -0.15) is 4.39 Å². The molecule has 0 aliphatic rings. The lowest BCUT2D eigenvalue weighted by molar-refractivity contribution is -0.141. The van der Waals surface area contributed by atoms with Gasteiger partial charge in [-0.25, -0.2) is 19.4 Å². The van der Waals surface area contributed by atoms with Crippen molar-refractivity contribution < 1.29 is 83.0 Å². The minimum atomic E-state index is -1.87. The fourth-order valence-corrected chi connectivity index (χ4v) is 7.23. The summed E-state index contributed by atoms with van der Waals surface area (Å²) in [5.41, 5.74) is 1.16. The topological polar surface area (TPSA) is 389 Å². The van der Waals surface area contributed by atoms with E-state index in [0.29, 0.717) is 11.1 Å². The van der Waals surface area contributed by atoms with E-state index in [0.717, 1.165) is 29.1 Å². The third-order valence-electron chi connectivity index (χ3n) is 11.2. The maximum absolute atomic E-state index is 13.7. The number of carbonyl (C=O) groups is 10. The molecule has 13 N–H and O–H groups in total. The summed E-state index contributed by atoms with van der Waals surface area (Å²) in [5.74, 6) is -10.2. The van der Waals surface area contributed by atoms with Gasteiger partial charge in [-0.15, -0.1) is 0 Å². The quantitative estimate of drug-likeness (QED) is 0.0196. The molecule has 0 bridgehead atoms. The van der Waals surface area contributed by atoms with Gasteiger partial charge >= 0.3 is 29.9 Å². The molecule has 0 aliphatic carbocycles. The van der Waals surface area contributed by atoms with Crippen molar-refractivity contribution in [1.29, 1.82) is 0 Å². The fraction of sp³-hybridized carbons (Fsp3) is 0.367. The van der Waals surface area contributed by atoms with Crippen LogP contribution in [-0.4, -0.2) is 138 Å². The second-order valence-electron chi connectivity index (χ2n) is 16.9. The molecule has 7 amide bonds. The summed E-state index contributed by atoms with van der Waals surface area (Å²) in [6.45, 7) is -0.130. The lowest BCUT2D eigenvalue weighted by atomic mass is 10.0. The third-order valence-corrected chi connectivity index (χ3v) is 11.2. The Morgan fingerprint density at radius 2 is 1.07 bits per heavy atom. The average Bonchev–Trinajstić information content (AvgIpc) is 3.35. The molecule has 4 rings (SSSR count). The Bertz CT molecular complexity index is 2640. The van der Waals surface area contributed by atoms with Crippen molar-refractivity contribution in [3.8, 4) is 0 Å². The molecule has 74 heavy (non-hydrogen) atoms. The Kier molecular flexibility index (Phi) is 22.8. The molecule has 0 radical (unpaired) electrons. The van der Waals surface area contributed by atoms with Crippen LogP contribution in [0.15, 0.2) is 85.1 Å². The number of unbranched alkanes of at least 4 members (excludes halogenated alkanes) is 1. The number of carboxylic acid groups (broad SMARTS) is 4. The smallest absolute Gasteiger partial charge is 0.326 e. The van der Waals surface area contributed by atoms with E-state index in [1.54, 1.807) is 0 Å². The minimum absolute atomic E-state index is 0.0283. The maximum atomic E-state index is 13.7. The van der Waals surface area contributed by atoms with Crippen LogP contribution in [-0.2, 0) is 46.5 Å². The number of pyridine rings is 1. The van der Waals surface area contributed by atoms with Crippen LogP contribution < -0.4 is 37.2 Å². The number of halogens is 1. The largest absolute Gasteiger partial charge is 0.481 e. The Morgan fingerprint density at radius 1 is 0.514 bits per heavy atom. The number of amides is 7. The summed E-state index contributed by atoms with van der Waals surface area (Å²) in [7, 11) is 0. The van der Waals surface area contributed by atoms with Gasteiger partial charge in [0.15, 0.2) is 6.29 Å². The highest BCUT2D eigenvalue weighted by Gasteiger charge is 2.29. The number of hydrogen-bond donors (Lipinski definition) is 13. The highest BCUT2D eigenvalue weighted by atomic mass is 19.1. The summed E-state index contributed by atoms with van der Waals surface area (Å²) in [6.07, 6.45) is -3.27. The van der Waals surface area contributed by atoms with Crippen LogP contribution in [0, 0.1) is 5.95 Å². The number of hydrogen-bond acceptors (Lipinski definition) is 13. The summed E-state index contributed by atoms with van der Waals surface area (Å²) in [5, 5.41) is 75.0. The number of nitrogens with zero attached hydrogens (tertiary/aromatic N) is 1. The Balaban J connectivity index is 1.38. The van der Waals surface area contributed by atoms with Crippen molar-refractivity contribution in [3.05, 3.63) is 113 Å². The number of benzene rings is 3. The molecular formula is C49H57FN8O16. The number of nitrogens with one attached hydrogen (secondary N) is 7. The summed E-state index contributed by atoms with van der Waals surface area (Å²) >= 11 is 0. The lowest BCUT2D eigenvalue weighted by Crippen LogP contribution is -2.54. The molecule has 396 valence electrons. The summed E-state index contributed by atoms with van der Waals surface area (Å²) < 4.78 is 13.3. The number of aliphatic hydroxyl groups is 2. The second-order valence-corrected chi connectivity index (χ2v) is 16.9. The molecule has 25 heteroatoms. The second kappa shape index (κ2) is 29.1. The van der Waals surface area contributed by atoms with Crippen molar-refractivity contribution in [2.24, 2.45) is 0 Å². The SMILES string of the molecule is O=C(O)CC[C@H](NC(=O)N[C@@H](CCCCNC(=O)[C@H](Cc1ccc2ccccc2c1)NC(=O)c1ccc(CNC(=O)[C@H](CCC(O)O)NC(=O)[C@H](CCC(=O)O)NC(=O)c2ccc(F)nc2)cc1)C(=O)O)C(=O)O. The highest BCUT2D eigenvalue weighted by Crippen LogP contribution is 2.18. The van der Waals surface area contributed by atoms with E-state index in [1.807, 2.05) is 42.5 Å². The van der Waals surface area contributed by atoms with Crippen LogP contribution >= 0.6 is 0 Å². The van der Waals surface area contributed by atoms with Gasteiger partial charge < -0.3 is 67.9 Å². The number of carbonyl (C=O) groups excluding carboxylic acids is 6. The van der Waals surface area contributed by atoms with Gasteiger partial charge in [0.1, 0.15) is 30.2 Å². The maximum Gasteiger partial charge on any atom is 0.326 e. The molecule has 1 aromatic heterocycles. The van der Waals surface area contributed by atoms with Crippen LogP contribution in [0.3, 0.4) is 0 Å². The first kappa shape index (κ1) is 58.0. The number of rotatable bonds is 30. The van der Waals surface area contributed by atoms with Crippen molar-refractivity contribution in [2.75, 3.05) is 6.54 Å². The van der Waals surface area contributed by atoms with Crippen LogP contribution in [0.5, 0.6) is 0 Å². The zero-order chi connectivity index (χ0) is 54.3. The average molecular weight is 1030 g/mol. The van der Waals surface area contributed by atoms with Gasteiger partial charge in [0.25, 0.3) is 11.8 Å². The van der Waals surface area contributed by atoms with Crippen LogP contribution in [0.2, 0.25) is 0 Å². The highest BCUT2D eigenvalue weighted by molar-refractivity contribution is 5.99. The molecule has 3 aromatic carbocycles. The number of fused-ring (bicyclic) bond motifs is 1. The number of aliphatic hydroxyl groups excluding tert-OH is 1. The number of aliphatic carboxylic acids is 4. The standard InChI is InChI=1S/C49H57FN8O16/c50-38-18-14-32(26-52-38)43(66)54-34(16-20-40(61)62)46(69)55-33(15-19-39(59)60)44(67)53-25-27-8-12-30(13-9-27)42(65)56-37(24-28-10-11-29-5-1-2-6-31(29)23-28)45(68)51-22-4-3-7-35(47(70)71)57-49(74)58-36(48(72)73)17-21-41(63)64/h1-2,5-6,8-14,18,23,26,33-37,39,59-60H,3-4,7,15-17,19-22,24-25H2,(H,51,68)(H,53,67)(H,54,66)(H,55,69)(H,56,65)(H,61,62)(H,63,64)(H,70,71)(H,72,73)(H2,57,58,74)/t33-,34-,35-,36-,37-/m0/s1. The van der Waals surface area contributed by atoms with Gasteiger partial charge in [-0.1, -0.05) is 54.6 Å². The van der Waals surface area contributed by atoms with E-state index in [-0.39, 0.29) is 62.7 Å². The molecule has 0 unspecified atom stereocenters. The van der Waals surface area contributed by atoms with Gasteiger partial charge in [0, 0.05) is 50.5 Å². The molecule has 0 saturated carbocycles. The van der Waals surface area contributed by atoms with Gasteiger partial charge in [-0.3, -0.25) is 33.6 Å². The van der Waals surface area contributed by atoms with E-state index in [9.17, 15) is 77.9 Å². The summed E-state index contributed by atoms with van der Waals surface area (Å²) in [4.78, 5) is 128. The molecule has 24 nitrogen and oxygen atoms in total. The Hall–Kier alpha value is -8.58. The monoisotopic (exact) mass is 1030 g/mol. The van der Waals surface area contributed by atoms with Gasteiger partial charge in [-0.05, 0) is 84.7 Å². The van der Waals surface area contributed by atoms with Crippen molar-refractivity contribution in [1.82, 2.24) is 42.2 Å². The molecule has 1 heterocycles. The Morgan fingerprint density at radius 3 is 1.68 bits per heavy atom. The Labute approximate surface area is 421 Å². The fourth-order valence-electron chi connectivity index (χ4n) is 7.23. The normalized spacial score (nSPS) is 13.0. The molecule has 0 aliphatic heterocycles. The van der Waals surface area contributed by atoms with E-state index in [1.165, 1.54) is 24.3 Å². The molecule has 0 spiro atoms. The van der Waals surface area contributed by atoms with Gasteiger partial charge in [0.2, 0.25) is 23.7 Å². The first-order valence-corrected chi connectivity index (χ1v) is 23.2. The van der Waals surface area contributed by atoms with E-state index < -0.39 is 128 Å². The van der Waals surface area contributed by atoms with Gasteiger partial charge in [0.05, 0.1) is 5.56 Å². The van der Waals surface area contributed by atoms with Crippen molar-refractivity contribution >= 4 is 70.2 Å². The first-order chi connectivity index (χ1) is 35.2. The number of aromatic nitrogens is 1. The van der Waals surface area contributed by atoms with Crippen LogP contribution in [0.1, 0.15) is 89.6 Å². The van der Waals surface area contributed by atoms with Crippen LogP contribution in [0.25, 0.3) is 10.8 Å². The molecule has 5 atom stereocenters. The van der Waals surface area contributed by atoms with Crippen molar-refractivity contribution in [2.45, 2.75) is 107 Å². The zero-order valence-electron chi connectivity index (χ0n) is 39.6. The number of urea groups is 1. The third kappa shape index (κ3) is 19.9. The zero-order valence-corrected chi connectivity index (χ0v) is 39.6. The lowest BCUT2D eigenvalue weighted by Gasteiger charge is -2.23.